The van der Waals surface area contributed by atoms with E-state index in [0.29, 0.717) is 55.7 Å². The third-order valence-electron chi connectivity index (χ3n) is 6.18. The van der Waals surface area contributed by atoms with Gasteiger partial charge in [0.1, 0.15) is 11.6 Å². The Morgan fingerprint density at radius 3 is 2.71 bits per heavy atom. The molecule has 1 amide bonds. The lowest BCUT2D eigenvalue weighted by Gasteiger charge is -2.29. The quantitative estimate of drug-likeness (QED) is 0.574. The molecule has 1 aromatic heterocycles. The van der Waals surface area contributed by atoms with Crippen molar-refractivity contribution in [2.45, 2.75) is 64.5 Å². The van der Waals surface area contributed by atoms with Gasteiger partial charge < -0.3 is 4.90 Å². The smallest absolute Gasteiger partial charge is 0.255 e. The predicted octanol–water partition coefficient (Wildman–Crippen LogP) is 4.49. The van der Waals surface area contributed by atoms with Crippen molar-refractivity contribution >= 4 is 46.2 Å². The van der Waals surface area contributed by atoms with Gasteiger partial charge >= 0.3 is 0 Å². The van der Waals surface area contributed by atoms with E-state index < -0.39 is 6.04 Å². The largest absolute Gasteiger partial charge is 0.324 e. The SMILES string of the molecule is Cc1ccc(CCC(=O)CCc2scc3c2CN(C2CCC(=O)CC2=O)C3=O)cc1Cl. The van der Waals surface area contributed by atoms with Crippen molar-refractivity contribution in [2.75, 3.05) is 0 Å². The zero-order chi connectivity index (χ0) is 22.1. The first kappa shape index (κ1) is 21.9. The fourth-order valence-electron chi connectivity index (χ4n) is 4.28. The highest BCUT2D eigenvalue weighted by Crippen LogP contribution is 2.35. The summed E-state index contributed by atoms with van der Waals surface area (Å²) >= 11 is 7.66. The number of carbonyl (C=O) groups excluding carboxylic acids is 4. The maximum absolute atomic E-state index is 12.8. The zero-order valence-electron chi connectivity index (χ0n) is 17.4. The van der Waals surface area contributed by atoms with E-state index in [0.717, 1.165) is 21.6 Å². The third-order valence-corrected chi connectivity index (χ3v) is 7.67. The number of hydrogen-bond acceptors (Lipinski definition) is 5. The molecule has 7 heteroatoms. The molecule has 0 N–H and O–H groups in total. The molecule has 31 heavy (non-hydrogen) atoms. The molecule has 2 heterocycles. The summed E-state index contributed by atoms with van der Waals surface area (Å²) in [5.74, 6) is -0.158. The second-order valence-corrected chi connectivity index (χ2v) is 9.71. The van der Waals surface area contributed by atoms with Crippen molar-refractivity contribution in [3.8, 4) is 0 Å². The minimum Gasteiger partial charge on any atom is -0.324 e. The Labute approximate surface area is 190 Å². The summed E-state index contributed by atoms with van der Waals surface area (Å²) in [4.78, 5) is 51.7. The highest BCUT2D eigenvalue weighted by molar-refractivity contribution is 7.10. The Morgan fingerprint density at radius 2 is 1.97 bits per heavy atom. The number of fused-ring (bicyclic) bond motifs is 1. The van der Waals surface area contributed by atoms with Gasteiger partial charge in [-0.25, -0.2) is 0 Å². The van der Waals surface area contributed by atoms with Crippen LogP contribution in [0.2, 0.25) is 5.02 Å². The first-order chi connectivity index (χ1) is 14.8. The molecular weight excluding hydrogens is 434 g/mol. The van der Waals surface area contributed by atoms with Gasteiger partial charge in [-0.1, -0.05) is 23.7 Å². The fraction of sp³-hybridized carbons (Fsp3) is 0.417. The van der Waals surface area contributed by atoms with E-state index in [1.54, 1.807) is 4.90 Å². The van der Waals surface area contributed by atoms with Crippen LogP contribution in [0.25, 0.3) is 0 Å². The van der Waals surface area contributed by atoms with Crippen molar-refractivity contribution in [2.24, 2.45) is 0 Å². The summed E-state index contributed by atoms with van der Waals surface area (Å²) < 4.78 is 0. The molecule has 0 spiro atoms. The van der Waals surface area contributed by atoms with Gasteiger partial charge in [-0.3, -0.25) is 19.2 Å². The number of nitrogens with zero attached hydrogens (tertiary/aromatic N) is 1. The molecule has 1 unspecified atom stereocenters. The van der Waals surface area contributed by atoms with Gasteiger partial charge in [-0.05, 0) is 48.9 Å². The first-order valence-electron chi connectivity index (χ1n) is 10.5. The van der Waals surface area contributed by atoms with Crippen molar-refractivity contribution in [3.05, 3.63) is 55.7 Å². The second kappa shape index (κ2) is 9.05. The maximum Gasteiger partial charge on any atom is 0.255 e. The maximum atomic E-state index is 12.8. The van der Waals surface area contributed by atoms with Gasteiger partial charge in [0.25, 0.3) is 5.91 Å². The molecule has 0 radical (unpaired) electrons. The predicted molar refractivity (Wildman–Crippen MR) is 120 cm³/mol. The first-order valence-corrected chi connectivity index (χ1v) is 11.8. The van der Waals surface area contributed by atoms with Crippen molar-refractivity contribution in [3.63, 3.8) is 0 Å². The van der Waals surface area contributed by atoms with Crippen LogP contribution in [0.5, 0.6) is 0 Å². The summed E-state index contributed by atoms with van der Waals surface area (Å²) in [6.07, 6.45) is 2.84. The van der Waals surface area contributed by atoms with Gasteiger partial charge in [-0.2, -0.15) is 0 Å². The van der Waals surface area contributed by atoms with Crippen LogP contribution in [-0.2, 0) is 33.8 Å². The molecule has 4 rings (SSSR count). The second-order valence-electron chi connectivity index (χ2n) is 8.34. The van der Waals surface area contributed by atoms with Crippen molar-refractivity contribution in [1.29, 1.82) is 0 Å². The third kappa shape index (κ3) is 4.65. The lowest BCUT2D eigenvalue weighted by Crippen LogP contribution is -2.44. The van der Waals surface area contributed by atoms with Gasteiger partial charge in [0.2, 0.25) is 0 Å². The minimum atomic E-state index is -0.501. The molecule has 162 valence electrons. The summed E-state index contributed by atoms with van der Waals surface area (Å²) in [7, 11) is 0. The Morgan fingerprint density at radius 1 is 1.19 bits per heavy atom. The van der Waals surface area contributed by atoms with Crippen LogP contribution in [0, 0.1) is 6.92 Å². The molecule has 1 aromatic carbocycles. The zero-order valence-corrected chi connectivity index (χ0v) is 19.0. The molecule has 2 aliphatic rings. The Hall–Kier alpha value is -2.31. The van der Waals surface area contributed by atoms with E-state index in [4.69, 9.17) is 11.6 Å². The highest BCUT2D eigenvalue weighted by atomic mass is 35.5. The van der Waals surface area contributed by atoms with E-state index in [-0.39, 0.29) is 29.7 Å². The normalized spacial score (nSPS) is 18.6. The number of aryl methyl sites for hydroxylation is 3. The van der Waals surface area contributed by atoms with Gasteiger partial charge in [0.15, 0.2) is 5.78 Å². The standard InChI is InChI=1S/C24H24ClNO4S/c1-14-2-3-15(10-20(14)25)4-5-16(27)7-9-23-18-12-26(24(30)19(18)13-31-23)21-8-6-17(28)11-22(21)29/h2-3,10,13,21H,4-9,11-12H2,1H3. The number of carbonyl (C=O) groups is 4. The number of benzene rings is 1. The van der Waals surface area contributed by atoms with Crippen molar-refractivity contribution < 1.29 is 19.2 Å². The number of thiophene rings is 1. The number of Topliss-reactive ketones (excluding diaryl/α,β-unsaturated/α-hetero) is 3. The topological polar surface area (TPSA) is 71.5 Å². The molecule has 0 bridgehead atoms. The molecule has 1 fully saturated rings. The molecule has 1 aliphatic heterocycles. The van der Waals surface area contributed by atoms with Crippen LogP contribution in [0.4, 0.5) is 0 Å². The van der Waals surface area contributed by atoms with E-state index in [1.807, 2.05) is 30.5 Å². The van der Waals surface area contributed by atoms with Crippen LogP contribution >= 0.6 is 22.9 Å². The van der Waals surface area contributed by atoms with E-state index in [1.165, 1.54) is 11.3 Å². The number of hydrogen-bond donors (Lipinski definition) is 0. The molecule has 1 saturated carbocycles. The summed E-state index contributed by atoms with van der Waals surface area (Å²) in [5.41, 5.74) is 3.66. The highest BCUT2D eigenvalue weighted by Gasteiger charge is 2.40. The summed E-state index contributed by atoms with van der Waals surface area (Å²) in [6, 6.07) is 5.38. The molecule has 0 saturated heterocycles. The summed E-state index contributed by atoms with van der Waals surface area (Å²) in [5, 5.41) is 2.55. The molecule has 2 aromatic rings. The Bertz CT molecular complexity index is 1070. The van der Waals surface area contributed by atoms with Crippen LogP contribution in [0.15, 0.2) is 23.6 Å². The number of ketones is 3. The lowest BCUT2D eigenvalue weighted by molar-refractivity contribution is -0.133. The minimum absolute atomic E-state index is 0.0470. The molecular formula is C24H24ClNO4S. The molecule has 1 aliphatic carbocycles. The Balaban J connectivity index is 1.33. The van der Waals surface area contributed by atoms with E-state index in [2.05, 4.69) is 0 Å². The van der Waals surface area contributed by atoms with Crippen LogP contribution in [0.3, 0.4) is 0 Å². The van der Waals surface area contributed by atoms with E-state index >= 15 is 0 Å². The summed E-state index contributed by atoms with van der Waals surface area (Å²) in [6.45, 7) is 2.35. The fourth-order valence-corrected chi connectivity index (χ4v) is 5.52. The number of halogens is 1. The number of amides is 1. The Kier molecular flexibility index (Phi) is 6.39. The van der Waals surface area contributed by atoms with Crippen molar-refractivity contribution in [1.82, 2.24) is 4.90 Å². The lowest BCUT2D eigenvalue weighted by atomic mass is 9.92. The van der Waals surface area contributed by atoms with Crippen LogP contribution in [-0.4, -0.2) is 34.2 Å². The van der Waals surface area contributed by atoms with E-state index in [9.17, 15) is 19.2 Å². The van der Waals surface area contributed by atoms with Gasteiger partial charge in [0, 0.05) is 41.1 Å². The molecule has 5 nitrogen and oxygen atoms in total. The van der Waals surface area contributed by atoms with Gasteiger partial charge in [0.05, 0.1) is 18.0 Å². The number of rotatable bonds is 7. The average molecular weight is 458 g/mol. The van der Waals surface area contributed by atoms with Crippen LogP contribution < -0.4 is 0 Å². The van der Waals surface area contributed by atoms with Gasteiger partial charge in [-0.15, -0.1) is 11.3 Å². The molecule has 1 atom stereocenters. The average Bonchev–Trinajstić information content (AvgIpc) is 3.27. The monoisotopic (exact) mass is 457 g/mol. The van der Waals surface area contributed by atoms with Crippen LogP contribution in [0.1, 0.15) is 64.0 Å².